The number of hydrogen-bond acceptors (Lipinski definition) is 5. The van der Waals surface area contributed by atoms with E-state index >= 15 is 0 Å². The molecule has 1 aliphatic rings. The maximum Gasteiger partial charge on any atom is 0.240 e. The number of carbonyl (C=O) groups is 1. The second kappa shape index (κ2) is 5.92. The van der Waals surface area contributed by atoms with Crippen LogP contribution in [0.2, 0.25) is 0 Å². The van der Waals surface area contributed by atoms with Crippen LogP contribution in [-0.4, -0.2) is 38.3 Å². The third-order valence-electron chi connectivity index (χ3n) is 3.86. The van der Waals surface area contributed by atoms with Crippen LogP contribution in [0.5, 0.6) is 0 Å². The van der Waals surface area contributed by atoms with Crippen molar-refractivity contribution >= 4 is 5.91 Å². The summed E-state index contributed by atoms with van der Waals surface area (Å²) in [6.07, 6.45) is 4.42. The van der Waals surface area contributed by atoms with E-state index < -0.39 is 6.04 Å². The van der Waals surface area contributed by atoms with E-state index in [1.807, 2.05) is 13.8 Å². The second-order valence-electron chi connectivity index (χ2n) is 5.97. The summed E-state index contributed by atoms with van der Waals surface area (Å²) in [5, 5.41) is 0. The van der Waals surface area contributed by atoms with Gasteiger partial charge in [0.1, 0.15) is 11.5 Å². The summed E-state index contributed by atoms with van der Waals surface area (Å²) in [6, 6.07) is -0.571. The predicted octanol–water partition coefficient (Wildman–Crippen LogP) is 0.976. The molecule has 0 fully saturated rings. The molecule has 0 radical (unpaired) electrons. The highest BCUT2D eigenvalue weighted by Gasteiger charge is 2.28. The summed E-state index contributed by atoms with van der Waals surface area (Å²) in [4.78, 5) is 25.6. The first-order valence-corrected chi connectivity index (χ1v) is 7.54. The van der Waals surface area contributed by atoms with Crippen LogP contribution in [0.1, 0.15) is 42.8 Å². The van der Waals surface area contributed by atoms with Crippen LogP contribution in [0, 0.1) is 0 Å². The van der Waals surface area contributed by atoms with Gasteiger partial charge in [0, 0.05) is 37.2 Å². The number of nitrogens with zero attached hydrogens (tertiary/aromatic N) is 3. The van der Waals surface area contributed by atoms with Gasteiger partial charge < -0.3 is 20.0 Å². The normalized spacial score (nSPS) is 15.9. The van der Waals surface area contributed by atoms with Gasteiger partial charge in [0.25, 0.3) is 0 Å². The molecule has 2 aromatic rings. The first-order chi connectivity index (χ1) is 10.5. The van der Waals surface area contributed by atoms with Crippen molar-refractivity contribution < 1.29 is 9.21 Å². The maximum atomic E-state index is 12.5. The first kappa shape index (κ1) is 14.8. The summed E-state index contributed by atoms with van der Waals surface area (Å²) in [5.41, 5.74) is 7.75. The van der Waals surface area contributed by atoms with E-state index in [0.29, 0.717) is 25.9 Å². The van der Waals surface area contributed by atoms with E-state index in [1.165, 1.54) is 0 Å². The van der Waals surface area contributed by atoms with Gasteiger partial charge in [-0.15, -0.1) is 0 Å². The van der Waals surface area contributed by atoms with E-state index in [1.54, 1.807) is 17.4 Å². The topological polar surface area (TPSA) is 101 Å². The van der Waals surface area contributed by atoms with Gasteiger partial charge >= 0.3 is 0 Å². The Bertz CT molecular complexity index is 647. The smallest absolute Gasteiger partial charge is 0.240 e. The quantitative estimate of drug-likeness (QED) is 0.876. The second-order valence-corrected chi connectivity index (χ2v) is 5.97. The number of fused-ring (bicyclic) bond motifs is 1. The van der Waals surface area contributed by atoms with Crippen LogP contribution < -0.4 is 5.73 Å². The minimum Gasteiger partial charge on any atom is -0.445 e. The highest BCUT2D eigenvalue weighted by molar-refractivity contribution is 5.82. The summed E-state index contributed by atoms with van der Waals surface area (Å²) in [6.45, 7) is 5.18. The molecule has 0 saturated heterocycles. The van der Waals surface area contributed by atoms with Crippen molar-refractivity contribution in [1.29, 1.82) is 0 Å². The summed E-state index contributed by atoms with van der Waals surface area (Å²) in [7, 11) is 0. The Morgan fingerprint density at radius 2 is 2.36 bits per heavy atom. The van der Waals surface area contributed by atoms with Gasteiger partial charge in [0.05, 0.1) is 18.9 Å². The van der Waals surface area contributed by atoms with Crippen molar-refractivity contribution in [1.82, 2.24) is 19.9 Å². The van der Waals surface area contributed by atoms with Crippen LogP contribution in [0.4, 0.5) is 0 Å². The van der Waals surface area contributed by atoms with E-state index in [4.69, 9.17) is 10.2 Å². The third-order valence-corrected chi connectivity index (χ3v) is 3.86. The molecule has 0 unspecified atom stereocenters. The van der Waals surface area contributed by atoms with Crippen LogP contribution >= 0.6 is 0 Å². The molecule has 3 N–H and O–H groups in total. The van der Waals surface area contributed by atoms with Crippen LogP contribution in [0.3, 0.4) is 0 Å². The summed E-state index contributed by atoms with van der Waals surface area (Å²) < 4.78 is 5.75. The lowest BCUT2D eigenvalue weighted by Crippen LogP contribution is -2.46. The van der Waals surface area contributed by atoms with Crippen LogP contribution in [-0.2, 0) is 24.2 Å². The molecule has 118 valence electrons. The molecule has 1 amide bonds. The van der Waals surface area contributed by atoms with E-state index in [9.17, 15) is 4.79 Å². The molecular weight excluding hydrogens is 282 g/mol. The number of aromatic amines is 1. The number of H-pyrrole nitrogens is 1. The number of hydrogen-bond donors (Lipinski definition) is 2. The van der Waals surface area contributed by atoms with Gasteiger partial charge in [0.15, 0.2) is 5.89 Å². The number of rotatable bonds is 4. The third kappa shape index (κ3) is 2.89. The SMILES string of the molecule is CC(C)c1nc2c(o1)CCN(C(=O)[C@@H](N)Cc1cnc[nH]1)C2. The fraction of sp³-hybridized carbons (Fsp3) is 0.533. The molecule has 1 aliphatic heterocycles. The highest BCUT2D eigenvalue weighted by Crippen LogP contribution is 2.24. The van der Waals surface area contributed by atoms with Gasteiger partial charge in [-0.1, -0.05) is 13.8 Å². The molecule has 0 aliphatic carbocycles. The van der Waals surface area contributed by atoms with Crippen LogP contribution in [0.25, 0.3) is 0 Å². The first-order valence-electron chi connectivity index (χ1n) is 7.54. The van der Waals surface area contributed by atoms with E-state index in [-0.39, 0.29) is 11.8 Å². The maximum absolute atomic E-state index is 12.5. The number of nitrogens with two attached hydrogens (primary N) is 1. The lowest BCUT2D eigenvalue weighted by Gasteiger charge is -2.27. The van der Waals surface area contributed by atoms with Crippen molar-refractivity contribution in [2.45, 2.75) is 45.2 Å². The van der Waals surface area contributed by atoms with E-state index in [2.05, 4.69) is 15.0 Å². The monoisotopic (exact) mass is 303 g/mol. The Kier molecular flexibility index (Phi) is 3.98. The molecule has 7 nitrogen and oxygen atoms in total. The Morgan fingerprint density at radius 1 is 1.55 bits per heavy atom. The van der Waals surface area contributed by atoms with Gasteiger partial charge in [-0.05, 0) is 0 Å². The lowest BCUT2D eigenvalue weighted by molar-refractivity contribution is -0.133. The lowest BCUT2D eigenvalue weighted by atomic mass is 10.1. The fourth-order valence-electron chi connectivity index (χ4n) is 2.61. The number of carbonyl (C=O) groups excluding carboxylic acids is 1. The minimum atomic E-state index is -0.571. The Balaban J connectivity index is 1.66. The zero-order valence-corrected chi connectivity index (χ0v) is 12.9. The molecule has 22 heavy (non-hydrogen) atoms. The Labute approximate surface area is 128 Å². The highest BCUT2D eigenvalue weighted by atomic mass is 16.4. The Morgan fingerprint density at radius 3 is 3.05 bits per heavy atom. The molecule has 2 aromatic heterocycles. The zero-order valence-electron chi connectivity index (χ0n) is 12.9. The molecule has 7 heteroatoms. The van der Waals surface area contributed by atoms with Crippen LogP contribution in [0.15, 0.2) is 16.9 Å². The molecule has 3 heterocycles. The molecular formula is C15H21N5O2. The summed E-state index contributed by atoms with van der Waals surface area (Å²) in [5.74, 6) is 1.82. The molecule has 0 saturated carbocycles. The number of aromatic nitrogens is 3. The number of amides is 1. The van der Waals surface area contributed by atoms with Crippen molar-refractivity contribution in [3.05, 3.63) is 35.6 Å². The van der Waals surface area contributed by atoms with Crippen molar-refractivity contribution in [3.8, 4) is 0 Å². The van der Waals surface area contributed by atoms with Gasteiger partial charge in [-0.25, -0.2) is 9.97 Å². The molecule has 1 atom stereocenters. The van der Waals surface area contributed by atoms with E-state index in [0.717, 1.165) is 23.0 Å². The largest absolute Gasteiger partial charge is 0.445 e. The minimum absolute atomic E-state index is 0.0608. The zero-order chi connectivity index (χ0) is 15.7. The van der Waals surface area contributed by atoms with Crippen molar-refractivity contribution in [2.24, 2.45) is 5.73 Å². The fourth-order valence-corrected chi connectivity index (χ4v) is 2.61. The predicted molar refractivity (Wildman–Crippen MR) is 80.0 cm³/mol. The molecule has 0 aromatic carbocycles. The number of imidazole rings is 1. The standard InChI is InChI=1S/C15H21N5O2/c1-9(2)14-19-12-7-20(4-3-13(12)22-14)15(21)11(16)5-10-6-17-8-18-10/h6,8-9,11H,3-5,7,16H2,1-2H3,(H,17,18)/t11-/m0/s1. The average molecular weight is 303 g/mol. The van der Waals surface area contributed by atoms with Gasteiger partial charge in [-0.2, -0.15) is 0 Å². The average Bonchev–Trinajstić information content (AvgIpc) is 3.14. The van der Waals surface area contributed by atoms with Crippen molar-refractivity contribution in [3.63, 3.8) is 0 Å². The van der Waals surface area contributed by atoms with Crippen molar-refractivity contribution in [2.75, 3.05) is 6.54 Å². The molecule has 0 bridgehead atoms. The number of oxazole rings is 1. The molecule has 0 spiro atoms. The van der Waals surface area contributed by atoms with Gasteiger partial charge in [0.2, 0.25) is 5.91 Å². The summed E-state index contributed by atoms with van der Waals surface area (Å²) >= 11 is 0. The Hall–Kier alpha value is -2.15. The molecule has 3 rings (SSSR count). The number of nitrogens with one attached hydrogen (secondary N) is 1. The van der Waals surface area contributed by atoms with Gasteiger partial charge in [-0.3, -0.25) is 4.79 Å².